The number of aliphatic hydroxyl groups is 1. The summed E-state index contributed by atoms with van der Waals surface area (Å²) in [6.07, 6.45) is 22.6. The number of aliphatic hydroxyl groups excluding tert-OH is 1. The number of nitrogens with two attached hydrogens (primary N) is 1. The fourth-order valence-electron chi connectivity index (χ4n) is 4.37. The molecule has 0 radical (unpaired) electrons. The van der Waals surface area contributed by atoms with Crippen LogP contribution in [0.15, 0.2) is 11.1 Å². The molecule has 8 heteroatoms. The summed E-state index contributed by atoms with van der Waals surface area (Å²) in [7, 11) is 0. The number of hydrogen-bond donors (Lipinski definition) is 3. The van der Waals surface area contributed by atoms with Crippen LogP contribution in [0.1, 0.15) is 123 Å². The lowest BCUT2D eigenvalue weighted by atomic mass is 10.0. The number of nitrogens with zero attached hydrogens (tertiary/aromatic N) is 3. The summed E-state index contributed by atoms with van der Waals surface area (Å²) in [5, 5.41) is 10.7. The maximum atomic E-state index is 11.9. The Morgan fingerprint density at radius 3 is 1.97 bits per heavy atom. The molecule has 0 aliphatic rings. The molecular weight excluding hydrogens is 446 g/mol. The second-order valence-electron chi connectivity index (χ2n) is 9.57. The fraction of sp³-hybridized carbons (Fsp3) is 0.808. The van der Waals surface area contributed by atoms with Gasteiger partial charge in [0, 0.05) is 5.25 Å². The molecule has 2 aromatic heterocycles. The van der Waals surface area contributed by atoms with E-state index in [0.29, 0.717) is 5.65 Å². The Hall–Kier alpha value is -1.54. The Kier molecular flexibility index (Phi) is 14.3. The van der Waals surface area contributed by atoms with Gasteiger partial charge in [0.25, 0.3) is 5.56 Å². The van der Waals surface area contributed by atoms with Crippen LogP contribution in [-0.4, -0.2) is 35.6 Å². The molecule has 0 fully saturated rings. The summed E-state index contributed by atoms with van der Waals surface area (Å²) in [6.45, 7) is 4.27. The normalized spacial score (nSPS) is 13.5. The first-order valence-corrected chi connectivity index (χ1v) is 14.6. The van der Waals surface area contributed by atoms with E-state index in [0.717, 1.165) is 12.2 Å². The molecule has 0 bridgehead atoms. The molecule has 0 spiro atoms. The zero-order chi connectivity index (χ0) is 24.6. The summed E-state index contributed by atoms with van der Waals surface area (Å²) in [6, 6.07) is 0. The molecule has 0 aromatic carbocycles. The maximum absolute atomic E-state index is 11.9. The van der Waals surface area contributed by atoms with Crippen LogP contribution >= 0.6 is 11.8 Å². The topological polar surface area (TPSA) is 110 Å². The maximum Gasteiger partial charge on any atom is 0.280 e. The first kappa shape index (κ1) is 28.7. The number of aromatic amines is 1. The number of hydrogen-bond acceptors (Lipinski definition) is 6. The number of aromatic nitrogens is 4. The van der Waals surface area contributed by atoms with Crippen molar-refractivity contribution < 1.29 is 5.11 Å². The molecule has 0 amide bonds. The van der Waals surface area contributed by atoms with E-state index in [1.807, 2.05) is 6.92 Å². The molecule has 2 heterocycles. The molecule has 2 rings (SSSR count). The largest absolute Gasteiger partial charge is 0.372 e. The molecule has 0 aliphatic heterocycles. The van der Waals surface area contributed by atoms with Gasteiger partial charge in [-0.3, -0.25) is 14.3 Å². The van der Waals surface area contributed by atoms with Gasteiger partial charge in [0.15, 0.2) is 11.2 Å². The summed E-state index contributed by atoms with van der Waals surface area (Å²) < 4.78 is 1.53. The first-order valence-electron chi connectivity index (χ1n) is 13.6. The fourth-order valence-corrected chi connectivity index (χ4v) is 5.41. The third-order valence-corrected chi connectivity index (χ3v) is 7.83. The lowest BCUT2D eigenvalue weighted by Crippen LogP contribution is -2.20. The second-order valence-corrected chi connectivity index (χ2v) is 11.1. The molecule has 7 nitrogen and oxygen atoms in total. The number of H-pyrrole nitrogens is 1. The third-order valence-electron chi connectivity index (χ3n) is 6.53. The van der Waals surface area contributed by atoms with Crippen molar-refractivity contribution in [1.82, 2.24) is 19.5 Å². The minimum absolute atomic E-state index is 0.0277. The number of unbranched alkanes of at least 4 members (excludes halogenated alkanes) is 15. The Bertz CT molecular complexity index is 853. The Morgan fingerprint density at radius 2 is 1.44 bits per heavy atom. The molecule has 194 valence electrons. The van der Waals surface area contributed by atoms with E-state index in [-0.39, 0.29) is 22.3 Å². The van der Waals surface area contributed by atoms with Gasteiger partial charge in [-0.25, -0.2) is 4.98 Å². The summed E-state index contributed by atoms with van der Waals surface area (Å²) in [5.41, 5.74) is 5.77. The van der Waals surface area contributed by atoms with Crippen molar-refractivity contribution in [2.75, 3.05) is 11.5 Å². The lowest BCUT2D eigenvalue weighted by molar-refractivity contribution is 0.109. The van der Waals surface area contributed by atoms with E-state index < -0.39 is 6.23 Å². The van der Waals surface area contributed by atoms with Crippen molar-refractivity contribution in [3.63, 3.8) is 0 Å². The average molecular weight is 494 g/mol. The lowest BCUT2D eigenvalue weighted by Gasteiger charge is -2.20. The highest BCUT2D eigenvalue weighted by Gasteiger charge is 2.20. The highest BCUT2D eigenvalue weighted by Crippen LogP contribution is 2.25. The molecule has 0 saturated carbocycles. The summed E-state index contributed by atoms with van der Waals surface area (Å²) >= 11 is 1.74. The van der Waals surface area contributed by atoms with E-state index in [4.69, 9.17) is 5.73 Å². The van der Waals surface area contributed by atoms with Crippen molar-refractivity contribution >= 4 is 28.9 Å². The first-order chi connectivity index (χ1) is 16.5. The quantitative estimate of drug-likeness (QED) is 0.180. The van der Waals surface area contributed by atoms with Crippen LogP contribution in [0.2, 0.25) is 0 Å². The molecule has 34 heavy (non-hydrogen) atoms. The van der Waals surface area contributed by atoms with Gasteiger partial charge in [0.05, 0.1) is 6.33 Å². The molecule has 2 aromatic rings. The van der Waals surface area contributed by atoms with Crippen LogP contribution in [0.3, 0.4) is 0 Å². The van der Waals surface area contributed by atoms with Crippen LogP contribution in [0, 0.1) is 0 Å². The number of nitrogens with one attached hydrogen (secondary N) is 1. The van der Waals surface area contributed by atoms with Crippen LogP contribution in [0.25, 0.3) is 11.2 Å². The Labute approximate surface area is 209 Å². The van der Waals surface area contributed by atoms with Crippen LogP contribution < -0.4 is 11.3 Å². The SMILES string of the molecule is CCCCCCCCCCCCCCCCCCSC(C)C(O)n1cnc2c(=O)[nH]c(N)nc21. The molecule has 2 atom stereocenters. The zero-order valence-electron chi connectivity index (χ0n) is 21.4. The standard InChI is InChI=1S/C26H47N5O2S/c1-3-4-5-6-7-8-9-10-11-12-13-14-15-16-17-18-19-34-21(2)25(33)31-20-28-22-23(31)29-26(27)30-24(22)32/h20-21,25,33H,3-19H2,1-2H3,(H3,27,29,30,32). The molecular formula is C26H47N5O2S. The Balaban J connectivity index is 1.45. The van der Waals surface area contributed by atoms with Crippen molar-refractivity contribution in [3.8, 4) is 0 Å². The van der Waals surface area contributed by atoms with Gasteiger partial charge in [0.1, 0.15) is 6.23 Å². The highest BCUT2D eigenvalue weighted by atomic mass is 32.2. The van der Waals surface area contributed by atoms with Crippen molar-refractivity contribution in [2.45, 2.75) is 128 Å². The van der Waals surface area contributed by atoms with Crippen LogP contribution in [0.4, 0.5) is 5.95 Å². The molecule has 2 unspecified atom stereocenters. The van der Waals surface area contributed by atoms with Crippen LogP contribution in [-0.2, 0) is 0 Å². The molecule has 0 saturated heterocycles. The van der Waals surface area contributed by atoms with Crippen molar-refractivity contribution in [2.24, 2.45) is 0 Å². The zero-order valence-corrected chi connectivity index (χ0v) is 22.3. The predicted octanol–water partition coefficient (Wildman–Crippen LogP) is 6.58. The average Bonchev–Trinajstić information content (AvgIpc) is 3.24. The number of rotatable bonds is 20. The second kappa shape index (κ2) is 17.0. The number of fused-ring (bicyclic) bond motifs is 1. The van der Waals surface area contributed by atoms with Gasteiger partial charge < -0.3 is 10.8 Å². The minimum atomic E-state index is -0.801. The smallest absolute Gasteiger partial charge is 0.280 e. The van der Waals surface area contributed by atoms with E-state index in [2.05, 4.69) is 21.9 Å². The van der Waals surface area contributed by atoms with Gasteiger partial charge in [0.2, 0.25) is 5.95 Å². The molecule has 4 N–H and O–H groups in total. The monoisotopic (exact) mass is 493 g/mol. The summed E-state index contributed by atoms with van der Waals surface area (Å²) in [4.78, 5) is 22.6. The highest BCUT2D eigenvalue weighted by molar-refractivity contribution is 7.99. The minimum Gasteiger partial charge on any atom is -0.372 e. The Morgan fingerprint density at radius 1 is 0.941 bits per heavy atom. The van der Waals surface area contributed by atoms with E-state index in [9.17, 15) is 9.90 Å². The predicted molar refractivity (Wildman–Crippen MR) is 145 cm³/mol. The summed E-state index contributed by atoms with van der Waals surface area (Å²) in [5.74, 6) is 1.04. The van der Waals surface area contributed by atoms with E-state index in [1.54, 1.807) is 11.8 Å². The van der Waals surface area contributed by atoms with Gasteiger partial charge >= 0.3 is 0 Å². The van der Waals surface area contributed by atoms with Gasteiger partial charge in [-0.15, -0.1) is 0 Å². The number of thioether (sulfide) groups is 1. The van der Waals surface area contributed by atoms with Crippen molar-refractivity contribution in [3.05, 3.63) is 16.7 Å². The third kappa shape index (κ3) is 10.4. The van der Waals surface area contributed by atoms with Crippen molar-refractivity contribution in [1.29, 1.82) is 0 Å². The van der Waals surface area contributed by atoms with E-state index in [1.165, 1.54) is 107 Å². The van der Waals surface area contributed by atoms with E-state index >= 15 is 0 Å². The van der Waals surface area contributed by atoms with Gasteiger partial charge in [-0.1, -0.05) is 103 Å². The number of imidazole rings is 1. The number of nitrogen functional groups attached to an aromatic ring is 1. The number of anilines is 1. The van der Waals surface area contributed by atoms with Gasteiger partial charge in [-0.05, 0) is 19.1 Å². The van der Waals surface area contributed by atoms with Crippen LogP contribution in [0.5, 0.6) is 0 Å². The molecule has 0 aliphatic carbocycles. The van der Waals surface area contributed by atoms with Gasteiger partial charge in [-0.2, -0.15) is 16.7 Å².